The van der Waals surface area contributed by atoms with E-state index in [-0.39, 0.29) is 0 Å². The maximum absolute atomic E-state index is 11.3. The summed E-state index contributed by atoms with van der Waals surface area (Å²) in [6.07, 6.45) is 2.83. The Labute approximate surface area is 95.3 Å². The first-order valence-electron chi connectivity index (χ1n) is 5.11. The third-order valence-corrected chi connectivity index (χ3v) is 1.62. The number of nitrogens with zero attached hydrogens (tertiary/aromatic N) is 2. The van der Waals surface area contributed by atoms with Crippen LogP contribution in [0.2, 0.25) is 0 Å². The van der Waals surface area contributed by atoms with E-state index >= 15 is 0 Å². The highest BCUT2D eigenvalue weighted by molar-refractivity contribution is 5.67. The van der Waals surface area contributed by atoms with Gasteiger partial charge in [-0.05, 0) is 27.7 Å². The standard InChI is InChI=1S/C11H17N3O2/c1-8-5-12-6-9(14-8)7-13-10(15)16-11(2,3)4/h5-6H,7H2,1-4H3,(H,13,15). The van der Waals surface area contributed by atoms with Crippen molar-refractivity contribution in [3.8, 4) is 0 Å². The zero-order valence-corrected chi connectivity index (χ0v) is 10.1. The van der Waals surface area contributed by atoms with Crippen molar-refractivity contribution in [3.63, 3.8) is 0 Å². The monoisotopic (exact) mass is 223 g/mol. The van der Waals surface area contributed by atoms with Gasteiger partial charge in [0, 0.05) is 6.20 Å². The van der Waals surface area contributed by atoms with Crippen LogP contribution in [0, 0.1) is 6.92 Å². The average molecular weight is 223 g/mol. The van der Waals surface area contributed by atoms with Crippen molar-refractivity contribution in [2.45, 2.75) is 39.8 Å². The van der Waals surface area contributed by atoms with E-state index in [4.69, 9.17) is 4.74 Å². The number of alkyl carbamates (subject to hydrolysis) is 1. The van der Waals surface area contributed by atoms with Crippen molar-refractivity contribution in [2.75, 3.05) is 0 Å². The van der Waals surface area contributed by atoms with Gasteiger partial charge in [-0.1, -0.05) is 0 Å². The molecule has 1 heterocycles. The molecule has 0 aliphatic heterocycles. The van der Waals surface area contributed by atoms with Crippen molar-refractivity contribution >= 4 is 6.09 Å². The molecule has 5 heteroatoms. The number of aryl methyl sites for hydroxylation is 1. The van der Waals surface area contributed by atoms with E-state index in [1.807, 2.05) is 27.7 Å². The Hall–Kier alpha value is -1.65. The highest BCUT2D eigenvalue weighted by Crippen LogP contribution is 2.06. The second-order valence-electron chi connectivity index (χ2n) is 4.51. The van der Waals surface area contributed by atoms with E-state index in [9.17, 15) is 4.79 Å². The smallest absolute Gasteiger partial charge is 0.407 e. The molecule has 0 saturated carbocycles. The van der Waals surface area contributed by atoms with Crippen LogP contribution in [0.25, 0.3) is 0 Å². The summed E-state index contributed by atoms with van der Waals surface area (Å²) in [5, 5.41) is 2.62. The number of hydrogen-bond acceptors (Lipinski definition) is 4. The van der Waals surface area contributed by atoms with Crippen LogP contribution in [0.15, 0.2) is 12.4 Å². The van der Waals surface area contributed by atoms with Gasteiger partial charge in [0.1, 0.15) is 5.60 Å². The number of rotatable bonds is 2. The van der Waals surface area contributed by atoms with Gasteiger partial charge < -0.3 is 10.1 Å². The maximum atomic E-state index is 11.3. The molecule has 1 N–H and O–H groups in total. The van der Waals surface area contributed by atoms with Crippen LogP contribution >= 0.6 is 0 Å². The Morgan fingerprint density at radius 1 is 1.44 bits per heavy atom. The number of ether oxygens (including phenoxy) is 1. The second-order valence-corrected chi connectivity index (χ2v) is 4.51. The fourth-order valence-corrected chi connectivity index (χ4v) is 1.08. The van der Waals surface area contributed by atoms with E-state index in [2.05, 4.69) is 15.3 Å². The topological polar surface area (TPSA) is 64.1 Å². The lowest BCUT2D eigenvalue weighted by Gasteiger charge is -2.19. The molecule has 0 radical (unpaired) electrons. The fraction of sp³-hybridized carbons (Fsp3) is 0.545. The molecular formula is C11H17N3O2. The predicted octanol–water partition coefficient (Wildman–Crippen LogP) is 1.81. The molecule has 0 fully saturated rings. The number of carbonyl (C=O) groups is 1. The average Bonchev–Trinajstić information content (AvgIpc) is 2.12. The Morgan fingerprint density at radius 3 is 2.69 bits per heavy atom. The number of carbonyl (C=O) groups excluding carboxylic acids is 1. The van der Waals surface area contributed by atoms with E-state index in [0.29, 0.717) is 12.2 Å². The van der Waals surface area contributed by atoms with Gasteiger partial charge in [0.05, 0.1) is 24.1 Å². The van der Waals surface area contributed by atoms with Gasteiger partial charge in [-0.3, -0.25) is 9.97 Å². The first-order chi connectivity index (χ1) is 7.37. The number of nitrogens with one attached hydrogen (secondary N) is 1. The molecule has 1 rings (SSSR count). The third kappa shape index (κ3) is 4.72. The molecular weight excluding hydrogens is 206 g/mol. The Morgan fingerprint density at radius 2 is 2.12 bits per heavy atom. The maximum Gasteiger partial charge on any atom is 0.407 e. The van der Waals surface area contributed by atoms with Crippen molar-refractivity contribution in [1.29, 1.82) is 0 Å². The summed E-state index contributed by atoms with van der Waals surface area (Å²) >= 11 is 0. The van der Waals surface area contributed by atoms with Crippen LogP contribution < -0.4 is 5.32 Å². The summed E-state index contributed by atoms with van der Waals surface area (Å²) in [6.45, 7) is 7.63. The first-order valence-corrected chi connectivity index (χ1v) is 5.11. The van der Waals surface area contributed by atoms with Crippen molar-refractivity contribution in [3.05, 3.63) is 23.8 Å². The van der Waals surface area contributed by atoms with Gasteiger partial charge in [0.25, 0.3) is 0 Å². The minimum absolute atomic E-state index is 0.323. The van der Waals surface area contributed by atoms with Crippen LogP contribution in [0.5, 0.6) is 0 Å². The van der Waals surface area contributed by atoms with Crippen molar-refractivity contribution in [2.24, 2.45) is 0 Å². The molecule has 0 aliphatic rings. The predicted molar refractivity (Wildman–Crippen MR) is 59.8 cm³/mol. The molecule has 0 saturated heterocycles. The van der Waals surface area contributed by atoms with E-state index in [0.717, 1.165) is 5.69 Å². The van der Waals surface area contributed by atoms with Crippen LogP contribution in [-0.4, -0.2) is 21.7 Å². The zero-order chi connectivity index (χ0) is 12.2. The van der Waals surface area contributed by atoms with Gasteiger partial charge in [-0.25, -0.2) is 4.79 Å². The molecule has 0 bridgehead atoms. The van der Waals surface area contributed by atoms with Gasteiger partial charge >= 0.3 is 6.09 Å². The number of amides is 1. The Bertz CT molecular complexity index is 372. The van der Waals surface area contributed by atoms with E-state index in [1.165, 1.54) is 0 Å². The Balaban J connectivity index is 2.43. The summed E-state index contributed by atoms with van der Waals surface area (Å²) in [5.74, 6) is 0. The van der Waals surface area contributed by atoms with Crippen molar-refractivity contribution in [1.82, 2.24) is 15.3 Å². The SMILES string of the molecule is Cc1cncc(CNC(=O)OC(C)(C)C)n1. The lowest BCUT2D eigenvalue weighted by atomic mass is 10.2. The summed E-state index contributed by atoms with van der Waals surface area (Å²) in [5.41, 5.74) is 1.05. The number of hydrogen-bond donors (Lipinski definition) is 1. The molecule has 16 heavy (non-hydrogen) atoms. The summed E-state index contributed by atoms with van der Waals surface area (Å²) < 4.78 is 5.09. The van der Waals surface area contributed by atoms with Crippen LogP contribution in [-0.2, 0) is 11.3 Å². The molecule has 5 nitrogen and oxygen atoms in total. The molecule has 1 aromatic rings. The molecule has 0 aromatic carbocycles. The molecule has 88 valence electrons. The van der Waals surface area contributed by atoms with Crippen LogP contribution in [0.3, 0.4) is 0 Å². The normalized spacial score (nSPS) is 11.0. The van der Waals surface area contributed by atoms with Crippen molar-refractivity contribution < 1.29 is 9.53 Å². The minimum Gasteiger partial charge on any atom is -0.444 e. The van der Waals surface area contributed by atoms with Gasteiger partial charge in [0.15, 0.2) is 0 Å². The molecule has 1 aromatic heterocycles. The molecule has 0 aliphatic carbocycles. The third-order valence-electron chi connectivity index (χ3n) is 1.62. The molecule has 0 atom stereocenters. The van der Waals surface area contributed by atoms with Gasteiger partial charge in [0.2, 0.25) is 0 Å². The van der Waals surface area contributed by atoms with Crippen LogP contribution in [0.1, 0.15) is 32.2 Å². The second kappa shape index (κ2) is 4.92. The highest BCUT2D eigenvalue weighted by atomic mass is 16.6. The van der Waals surface area contributed by atoms with E-state index in [1.54, 1.807) is 12.4 Å². The molecule has 0 spiro atoms. The largest absolute Gasteiger partial charge is 0.444 e. The lowest BCUT2D eigenvalue weighted by molar-refractivity contribution is 0.0523. The summed E-state index contributed by atoms with van der Waals surface area (Å²) in [7, 11) is 0. The highest BCUT2D eigenvalue weighted by Gasteiger charge is 2.15. The number of aromatic nitrogens is 2. The molecule has 1 amide bonds. The zero-order valence-electron chi connectivity index (χ0n) is 10.1. The molecule has 0 unspecified atom stereocenters. The lowest BCUT2D eigenvalue weighted by Crippen LogP contribution is -2.32. The van der Waals surface area contributed by atoms with Gasteiger partial charge in [-0.15, -0.1) is 0 Å². The first kappa shape index (κ1) is 12.4. The van der Waals surface area contributed by atoms with E-state index < -0.39 is 11.7 Å². The Kier molecular flexibility index (Phi) is 3.82. The summed E-state index contributed by atoms with van der Waals surface area (Å²) in [6, 6.07) is 0. The van der Waals surface area contributed by atoms with Gasteiger partial charge in [-0.2, -0.15) is 0 Å². The van der Waals surface area contributed by atoms with Crippen LogP contribution in [0.4, 0.5) is 4.79 Å². The summed E-state index contributed by atoms with van der Waals surface area (Å²) in [4.78, 5) is 19.5. The fourth-order valence-electron chi connectivity index (χ4n) is 1.08. The quantitative estimate of drug-likeness (QED) is 0.830. The minimum atomic E-state index is -0.484.